The van der Waals surface area contributed by atoms with E-state index < -0.39 is 11.5 Å². The zero-order valence-corrected chi connectivity index (χ0v) is 13.0. The van der Waals surface area contributed by atoms with Crippen molar-refractivity contribution in [1.82, 2.24) is 0 Å². The summed E-state index contributed by atoms with van der Waals surface area (Å²) < 4.78 is 0. The highest BCUT2D eigenvalue weighted by atomic mass is 35.5. The van der Waals surface area contributed by atoms with Gasteiger partial charge in [-0.1, -0.05) is 35.9 Å². The minimum Gasteiger partial charge on any atom is -0.479 e. The van der Waals surface area contributed by atoms with E-state index in [4.69, 9.17) is 11.6 Å². The second-order valence-corrected chi connectivity index (χ2v) is 5.80. The first-order chi connectivity index (χ1) is 9.83. The number of aryl methyl sites for hydroxylation is 2. The molecule has 2 N–H and O–H groups in total. The van der Waals surface area contributed by atoms with Gasteiger partial charge in [-0.25, -0.2) is 4.79 Å². The molecule has 1 unspecified atom stereocenters. The van der Waals surface area contributed by atoms with Crippen LogP contribution >= 0.6 is 11.6 Å². The molecular formula is C17H18ClNO2. The minimum absolute atomic E-state index is 0.563. The smallest absolute Gasteiger partial charge is 0.333 e. The molecule has 2 aromatic rings. The molecule has 110 valence electrons. The van der Waals surface area contributed by atoms with Gasteiger partial charge in [-0.3, -0.25) is 0 Å². The van der Waals surface area contributed by atoms with E-state index in [0.29, 0.717) is 16.3 Å². The van der Waals surface area contributed by atoms with Crippen molar-refractivity contribution in [2.75, 3.05) is 5.32 Å². The molecule has 4 heteroatoms. The zero-order chi connectivity index (χ0) is 15.6. The Kier molecular flexibility index (Phi) is 4.24. The van der Waals surface area contributed by atoms with Gasteiger partial charge in [0.2, 0.25) is 0 Å². The number of carboxylic acids is 1. The van der Waals surface area contributed by atoms with Crippen LogP contribution in [0, 0.1) is 13.8 Å². The van der Waals surface area contributed by atoms with Crippen molar-refractivity contribution < 1.29 is 9.90 Å². The van der Waals surface area contributed by atoms with Crippen LogP contribution in [0.3, 0.4) is 0 Å². The summed E-state index contributed by atoms with van der Waals surface area (Å²) in [4.78, 5) is 11.8. The highest BCUT2D eigenvalue weighted by molar-refractivity contribution is 6.30. The van der Waals surface area contributed by atoms with Crippen molar-refractivity contribution in [1.29, 1.82) is 0 Å². The van der Waals surface area contributed by atoms with Gasteiger partial charge < -0.3 is 10.4 Å². The first-order valence-electron chi connectivity index (χ1n) is 6.68. The van der Waals surface area contributed by atoms with Crippen LogP contribution in [0.5, 0.6) is 0 Å². The number of carbonyl (C=O) groups is 1. The third kappa shape index (κ3) is 3.19. The van der Waals surface area contributed by atoms with Crippen LogP contribution in [0.15, 0.2) is 42.5 Å². The molecule has 0 aliphatic rings. The van der Waals surface area contributed by atoms with Gasteiger partial charge in [0.05, 0.1) is 0 Å². The van der Waals surface area contributed by atoms with E-state index in [1.165, 1.54) is 0 Å². The Morgan fingerprint density at radius 2 is 1.86 bits per heavy atom. The Bertz CT molecular complexity index is 684. The van der Waals surface area contributed by atoms with Crippen molar-refractivity contribution >= 4 is 23.3 Å². The lowest BCUT2D eigenvalue weighted by molar-refractivity contribution is -0.142. The largest absolute Gasteiger partial charge is 0.479 e. The lowest BCUT2D eigenvalue weighted by Gasteiger charge is -2.28. The number of rotatable bonds is 4. The molecule has 0 amide bonds. The lowest BCUT2D eigenvalue weighted by Crippen LogP contribution is -2.40. The Morgan fingerprint density at radius 1 is 1.14 bits per heavy atom. The summed E-state index contributed by atoms with van der Waals surface area (Å²) in [5.41, 5.74) is 2.36. The summed E-state index contributed by atoms with van der Waals surface area (Å²) in [7, 11) is 0. The van der Waals surface area contributed by atoms with Crippen LogP contribution in [-0.2, 0) is 10.3 Å². The van der Waals surface area contributed by atoms with E-state index >= 15 is 0 Å². The van der Waals surface area contributed by atoms with Gasteiger partial charge in [-0.2, -0.15) is 0 Å². The van der Waals surface area contributed by atoms with E-state index in [0.717, 1.165) is 11.1 Å². The van der Waals surface area contributed by atoms with E-state index in [1.54, 1.807) is 31.2 Å². The number of carboxylic acid groups (broad SMARTS) is 1. The molecule has 0 fully saturated rings. The van der Waals surface area contributed by atoms with Crippen LogP contribution < -0.4 is 5.32 Å². The number of hydrogen-bond acceptors (Lipinski definition) is 2. The topological polar surface area (TPSA) is 49.3 Å². The first kappa shape index (κ1) is 15.4. The molecule has 0 aliphatic heterocycles. The van der Waals surface area contributed by atoms with Crippen molar-refractivity contribution in [2.45, 2.75) is 26.3 Å². The average molecular weight is 304 g/mol. The summed E-state index contributed by atoms with van der Waals surface area (Å²) >= 11 is 5.96. The molecule has 2 rings (SSSR count). The Morgan fingerprint density at radius 3 is 2.43 bits per heavy atom. The number of anilines is 1. The average Bonchev–Trinajstić information content (AvgIpc) is 2.41. The molecule has 0 aliphatic carbocycles. The summed E-state index contributed by atoms with van der Waals surface area (Å²) in [6.45, 7) is 5.63. The van der Waals surface area contributed by atoms with Gasteiger partial charge in [-0.05, 0) is 55.7 Å². The van der Waals surface area contributed by atoms with Gasteiger partial charge in [0.1, 0.15) is 0 Å². The summed E-state index contributed by atoms with van der Waals surface area (Å²) in [6.07, 6.45) is 0. The molecule has 0 heterocycles. The van der Waals surface area contributed by atoms with Gasteiger partial charge >= 0.3 is 5.97 Å². The minimum atomic E-state index is -1.22. The number of hydrogen-bond donors (Lipinski definition) is 2. The number of nitrogens with one attached hydrogen (secondary N) is 1. The molecule has 0 aromatic heterocycles. The first-order valence-corrected chi connectivity index (χ1v) is 7.05. The maximum atomic E-state index is 11.8. The fraction of sp³-hybridized carbons (Fsp3) is 0.235. The molecule has 1 atom stereocenters. The van der Waals surface area contributed by atoms with Crippen molar-refractivity contribution in [3.05, 3.63) is 64.2 Å². The lowest BCUT2D eigenvalue weighted by atomic mass is 9.89. The second kappa shape index (κ2) is 5.78. The van der Waals surface area contributed by atoms with Crippen LogP contribution in [0.4, 0.5) is 5.69 Å². The maximum Gasteiger partial charge on any atom is 0.333 e. The van der Waals surface area contributed by atoms with E-state index in [2.05, 4.69) is 5.32 Å². The highest BCUT2D eigenvalue weighted by Gasteiger charge is 2.35. The maximum absolute atomic E-state index is 11.8. The van der Waals surface area contributed by atoms with Crippen molar-refractivity contribution in [3.63, 3.8) is 0 Å². The molecule has 0 radical (unpaired) electrons. The summed E-state index contributed by atoms with van der Waals surface area (Å²) in [5, 5.41) is 13.3. The number of halogens is 1. The van der Waals surface area contributed by atoms with Gasteiger partial charge in [0.15, 0.2) is 5.54 Å². The fourth-order valence-corrected chi connectivity index (χ4v) is 2.35. The Balaban J connectivity index is 2.45. The predicted molar refractivity (Wildman–Crippen MR) is 86.0 cm³/mol. The predicted octanol–water partition coefficient (Wildman–Crippen LogP) is 4.37. The molecule has 2 aromatic carbocycles. The van der Waals surface area contributed by atoms with E-state index in [1.807, 2.05) is 32.0 Å². The summed E-state index contributed by atoms with van der Waals surface area (Å²) in [5.74, 6) is -0.939. The van der Waals surface area contributed by atoms with Gasteiger partial charge in [0, 0.05) is 10.7 Å². The third-order valence-electron chi connectivity index (χ3n) is 3.73. The third-order valence-corrected chi connectivity index (χ3v) is 3.97. The zero-order valence-electron chi connectivity index (χ0n) is 12.3. The van der Waals surface area contributed by atoms with E-state index in [9.17, 15) is 9.90 Å². The van der Waals surface area contributed by atoms with Crippen LogP contribution in [0.25, 0.3) is 0 Å². The molecular weight excluding hydrogens is 286 g/mol. The Hall–Kier alpha value is -2.00. The molecule has 0 spiro atoms. The number of benzene rings is 2. The van der Waals surface area contributed by atoms with Crippen LogP contribution in [0.1, 0.15) is 23.6 Å². The van der Waals surface area contributed by atoms with Gasteiger partial charge in [-0.15, -0.1) is 0 Å². The molecule has 0 bridgehead atoms. The second-order valence-electron chi connectivity index (χ2n) is 5.36. The van der Waals surface area contributed by atoms with Gasteiger partial charge in [0.25, 0.3) is 0 Å². The highest BCUT2D eigenvalue weighted by Crippen LogP contribution is 2.29. The fourth-order valence-electron chi connectivity index (χ4n) is 2.16. The molecule has 0 saturated heterocycles. The van der Waals surface area contributed by atoms with Crippen molar-refractivity contribution in [2.24, 2.45) is 0 Å². The molecule has 3 nitrogen and oxygen atoms in total. The standard InChI is InChI=1S/C17H18ClNO2/c1-11-7-8-13(9-12(11)2)17(3,16(20)21)19-15-6-4-5-14(18)10-15/h4-10,19H,1-3H3,(H,20,21). The number of aliphatic carboxylic acids is 1. The monoisotopic (exact) mass is 303 g/mol. The normalized spacial score (nSPS) is 13.5. The van der Waals surface area contributed by atoms with Crippen LogP contribution in [-0.4, -0.2) is 11.1 Å². The van der Waals surface area contributed by atoms with Crippen LogP contribution in [0.2, 0.25) is 5.02 Å². The van der Waals surface area contributed by atoms with E-state index in [-0.39, 0.29) is 0 Å². The Labute approximate surface area is 129 Å². The summed E-state index contributed by atoms with van der Waals surface area (Å²) in [6, 6.07) is 12.7. The van der Waals surface area contributed by atoms with Crippen molar-refractivity contribution in [3.8, 4) is 0 Å². The molecule has 0 saturated carbocycles. The SMILES string of the molecule is Cc1ccc(C(C)(Nc2cccc(Cl)c2)C(=O)O)cc1C. The quantitative estimate of drug-likeness (QED) is 0.882. The molecule has 21 heavy (non-hydrogen) atoms.